The standard InChI is InChI=1S/C10H18N2O5S/c1-10(4-6-18(16,17)7-10)11-9(15)12(2)5-3-8(13)14/h3-7H2,1-2H3,(H,11,15)(H,13,14). The zero-order valence-corrected chi connectivity index (χ0v) is 11.3. The number of carboxylic acid groups (broad SMARTS) is 1. The molecule has 2 N–H and O–H groups in total. The van der Waals surface area contributed by atoms with E-state index in [4.69, 9.17) is 5.11 Å². The SMILES string of the molecule is CN(CCC(=O)O)C(=O)NC1(C)CCS(=O)(=O)C1. The number of urea groups is 1. The Morgan fingerprint density at radius 2 is 2.06 bits per heavy atom. The van der Waals surface area contributed by atoms with Crippen LogP contribution < -0.4 is 5.32 Å². The van der Waals surface area contributed by atoms with Gasteiger partial charge in [-0.3, -0.25) is 4.79 Å². The van der Waals surface area contributed by atoms with Crippen molar-refractivity contribution in [3.63, 3.8) is 0 Å². The molecule has 8 heteroatoms. The van der Waals surface area contributed by atoms with Crippen molar-refractivity contribution in [2.45, 2.75) is 25.3 Å². The van der Waals surface area contributed by atoms with Crippen LogP contribution in [-0.4, -0.2) is 61.1 Å². The lowest BCUT2D eigenvalue weighted by Gasteiger charge is -2.27. The maximum Gasteiger partial charge on any atom is 0.317 e. The lowest BCUT2D eigenvalue weighted by Crippen LogP contribution is -2.51. The highest BCUT2D eigenvalue weighted by molar-refractivity contribution is 7.91. The highest BCUT2D eigenvalue weighted by atomic mass is 32.2. The molecule has 1 aliphatic heterocycles. The molecule has 1 aliphatic rings. The molecular weight excluding hydrogens is 260 g/mol. The highest BCUT2D eigenvalue weighted by Gasteiger charge is 2.39. The molecule has 7 nitrogen and oxygen atoms in total. The van der Waals surface area contributed by atoms with E-state index in [2.05, 4.69) is 5.32 Å². The Kier molecular flexibility index (Phi) is 4.20. The first-order chi connectivity index (χ1) is 8.14. The second kappa shape index (κ2) is 5.13. The van der Waals surface area contributed by atoms with Gasteiger partial charge in [-0.05, 0) is 13.3 Å². The summed E-state index contributed by atoms with van der Waals surface area (Å²) >= 11 is 0. The number of hydrogen-bond acceptors (Lipinski definition) is 4. The molecule has 104 valence electrons. The molecule has 1 saturated heterocycles. The number of sulfone groups is 1. The monoisotopic (exact) mass is 278 g/mol. The van der Waals surface area contributed by atoms with Crippen LogP contribution in [0.4, 0.5) is 4.79 Å². The normalized spacial score (nSPS) is 25.7. The molecule has 0 bridgehead atoms. The molecule has 1 heterocycles. The number of nitrogens with one attached hydrogen (secondary N) is 1. The van der Waals surface area contributed by atoms with E-state index < -0.39 is 27.4 Å². The molecule has 1 atom stereocenters. The van der Waals surface area contributed by atoms with Crippen molar-refractivity contribution in [3.8, 4) is 0 Å². The number of nitrogens with zero attached hydrogens (tertiary/aromatic N) is 1. The van der Waals surface area contributed by atoms with E-state index in [0.717, 1.165) is 0 Å². The van der Waals surface area contributed by atoms with Crippen molar-refractivity contribution in [2.24, 2.45) is 0 Å². The van der Waals surface area contributed by atoms with Gasteiger partial charge in [0.05, 0.1) is 23.5 Å². The third-order valence-corrected chi connectivity index (χ3v) is 4.82. The predicted octanol–water partition coefficient (Wildman–Crippen LogP) is -0.320. The number of carbonyl (C=O) groups excluding carboxylic acids is 1. The smallest absolute Gasteiger partial charge is 0.317 e. The van der Waals surface area contributed by atoms with Crippen LogP contribution >= 0.6 is 0 Å². The van der Waals surface area contributed by atoms with Crippen molar-refractivity contribution in [2.75, 3.05) is 25.1 Å². The Bertz CT molecular complexity index is 447. The molecule has 0 aromatic heterocycles. The van der Waals surface area contributed by atoms with Gasteiger partial charge in [0.15, 0.2) is 9.84 Å². The van der Waals surface area contributed by atoms with Crippen molar-refractivity contribution in [1.82, 2.24) is 10.2 Å². The van der Waals surface area contributed by atoms with Gasteiger partial charge in [0.25, 0.3) is 0 Å². The summed E-state index contributed by atoms with van der Waals surface area (Å²) in [7, 11) is -1.60. The van der Waals surface area contributed by atoms with Crippen LogP contribution in [0.1, 0.15) is 19.8 Å². The fourth-order valence-corrected chi connectivity index (χ4v) is 3.92. The number of amides is 2. The Labute approximate surface area is 106 Å². The van der Waals surface area contributed by atoms with Gasteiger partial charge in [0.1, 0.15) is 0 Å². The fraction of sp³-hybridized carbons (Fsp3) is 0.800. The van der Waals surface area contributed by atoms with Crippen LogP contribution in [-0.2, 0) is 14.6 Å². The minimum absolute atomic E-state index is 0.0709. The van der Waals surface area contributed by atoms with Crippen LogP contribution in [0.25, 0.3) is 0 Å². The van der Waals surface area contributed by atoms with Gasteiger partial charge in [-0.2, -0.15) is 0 Å². The number of hydrogen-bond donors (Lipinski definition) is 2. The lowest BCUT2D eigenvalue weighted by atomic mass is 10.0. The maximum absolute atomic E-state index is 11.8. The van der Waals surface area contributed by atoms with Crippen LogP contribution in [0.5, 0.6) is 0 Å². The minimum Gasteiger partial charge on any atom is -0.481 e. The molecule has 1 fully saturated rings. The molecular formula is C10H18N2O5S. The highest BCUT2D eigenvalue weighted by Crippen LogP contribution is 2.22. The second-order valence-corrected chi connectivity index (χ2v) is 7.08. The Morgan fingerprint density at radius 1 is 1.44 bits per heavy atom. The van der Waals surface area contributed by atoms with Gasteiger partial charge in [-0.1, -0.05) is 0 Å². The van der Waals surface area contributed by atoms with Crippen LogP contribution in [0.2, 0.25) is 0 Å². The van der Waals surface area contributed by atoms with E-state index >= 15 is 0 Å². The Hall–Kier alpha value is -1.31. The third kappa shape index (κ3) is 4.17. The number of aliphatic carboxylic acids is 1. The molecule has 0 aromatic carbocycles. The molecule has 1 unspecified atom stereocenters. The summed E-state index contributed by atoms with van der Waals surface area (Å²) in [5, 5.41) is 11.2. The first-order valence-electron chi connectivity index (χ1n) is 5.59. The van der Waals surface area contributed by atoms with Gasteiger partial charge < -0.3 is 15.3 Å². The zero-order valence-electron chi connectivity index (χ0n) is 10.5. The zero-order chi connectivity index (χ0) is 14.0. The van der Waals surface area contributed by atoms with Crippen molar-refractivity contribution in [1.29, 1.82) is 0 Å². The second-order valence-electron chi connectivity index (χ2n) is 4.90. The summed E-state index contributed by atoms with van der Waals surface area (Å²) in [6.07, 6.45) is 0.243. The largest absolute Gasteiger partial charge is 0.481 e. The fourth-order valence-electron chi connectivity index (χ4n) is 1.83. The van der Waals surface area contributed by atoms with E-state index in [-0.39, 0.29) is 24.5 Å². The third-order valence-electron chi connectivity index (χ3n) is 2.92. The summed E-state index contributed by atoms with van der Waals surface area (Å²) in [6, 6.07) is -0.448. The summed E-state index contributed by atoms with van der Waals surface area (Å²) in [5.41, 5.74) is -0.757. The average molecular weight is 278 g/mol. The quantitative estimate of drug-likeness (QED) is 0.733. The number of carboxylic acids is 1. The van der Waals surface area contributed by atoms with Crippen molar-refractivity contribution in [3.05, 3.63) is 0 Å². The molecule has 18 heavy (non-hydrogen) atoms. The Balaban J connectivity index is 2.52. The van der Waals surface area contributed by atoms with Crippen LogP contribution in [0.15, 0.2) is 0 Å². The topological polar surface area (TPSA) is 104 Å². The van der Waals surface area contributed by atoms with E-state index in [0.29, 0.717) is 6.42 Å². The first kappa shape index (κ1) is 14.7. The van der Waals surface area contributed by atoms with Gasteiger partial charge in [-0.15, -0.1) is 0 Å². The summed E-state index contributed by atoms with van der Waals surface area (Å²) in [5.74, 6) is -0.981. The summed E-state index contributed by atoms with van der Waals surface area (Å²) in [6.45, 7) is 1.77. The van der Waals surface area contributed by atoms with Gasteiger partial charge in [0.2, 0.25) is 0 Å². The van der Waals surface area contributed by atoms with E-state index in [1.54, 1.807) is 6.92 Å². The van der Waals surface area contributed by atoms with Crippen LogP contribution in [0.3, 0.4) is 0 Å². The van der Waals surface area contributed by atoms with E-state index in [9.17, 15) is 18.0 Å². The Morgan fingerprint density at radius 3 is 2.50 bits per heavy atom. The summed E-state index contributed by atoms with van der Waals surface area (Å²) < 4.78 is 22.7. The maximum atomic E-state index is 11.8. The average Bonchev–Trinajstić information content (AvgIpc) is 2.49. The van der Waals surface area contributed by atoms with Crippen molar-refractivity contribution >= 4 is 21.8 Å². The van der Waals surface area contributed by atoms with E-state index in [1.807, 2.05) is 0 Å². The van der Waals surface area contributed by atoms with Gasteiger partial charge in [-0.25, -0.2) is 13.2 Å². The summed E-state index contributed by atoms with van der Waals surface area (Å²) in [4.78, 5) is 23.4. The molecule has 0 radical (unpaired) electrons. The molecule has 0 aromatic rings. The van der Waals surface area contributed by atoms with Gasteiger partial charge in [0, 0.05) is 13.6 Å². The molecule has 2 amide bonds. The minimum atomic E-state index is -3.08. The molecule has 0 saturated carbocycles. The predicted molar refractivity (Wildman–Crippen MR) is 65.1 cm³/mol. The number of rotatable bonds is 4. The molecule has 1 rings (SSSR count). The van der Waals surface area contributed by atoms with Crippen LogP contribution in [0, 0.1) is 0 Å². The van der Waals surface area contributed by atoms with Gasteiger partial charge >= 0.3 is 12.0 Å². The molecule has 0 spiro atoms. The van der Waals surface area contributed by atoms with Crippen molar-refractivity contribution < 1.29 is 23.1 Å². The first-order valence-corrected chi connectivity index (χ1v) is 7.41. The number of carbonyl (C=O) groups is 2. The molecule has 0 aliphatic carbocycles. The lowest BCUT2D eigenvalue weighted by molar-refractivity contribution is -0.137. The van der Waals surface area contributed by atoms with E-state index in [1.165, 1.54) is 11.9 Å².